The van der Waals surface area contributed by atoms with E-state index >= 15 is 0 Å². The predicted molar refractivity (Wildman–Crippen MR) is 61.2 cm³/mol. The van der Waals surface area contributed by atoms with Crippen LogP contribution < -0.4 is 16.2 Å². The number of nitrogens with two attached hydrogens (primary N) is 1. The molecule has 0 fully saturated rings. The van der Waals surface area contributed by atoms with E-state index in [1.54, 1.807) is 19.0 Å². The highest BCUT2D eigenvalue weighted by Gasteiger charge is 2.28. The van der Waals surface area contributed by atoms with Crippen LogP contribution in [0.25, 0.3) is 0 Å². The molecule has 0 amide bonds. The molecule has 1 heterocycles. The number of nitrogens with one attached hydrogen (secondary N) is 1. The number of rotatable bonds is 2. The lowest BCUT2D eigenvalue weighted by Crippen LogP contribution is -2.21. The maximum Gasteiger partial charge on any atom is 0.250 e. The molecule has 1 aromatic heterocycles. The number of nitrogens with zero attached hydrogens (tertiary/aromatic N) is 4. The van der Waals surface area contributed by atoms with Crippen LogP contribution in [0.15, 0.2) is 0 Å². The Morgan fingerprint density at radius 3 is 2.20 bits per heavy atom. The van der Waals surface area contributed by atoms with Crippen molar-refractivity contribution in [3.8, 4) is 0 Å². The van der Waals surface area contributed by atoms with Crippen LogP contribution in [-0.4, -0.2) is 29.0 Å². The minimum absolute atomic E-state index is 0.0131. The molecule has 0 aliphatic rings. The first-order chi connectivity index (χ1) is 6.84. The predicted octanol–water partition coefficient (Wildman–Crippen LogP) is 1.05. The molecule has 0 saturated heterocycles. The van der Waals surface area contributed by atoms with Crippen molar-refractivity contribution >= 4 is 46.7 Å². The van der Waals surface area contributed by atoms with E-state index in [-0.39, 0.29) is 11.8 Å². The molecule has 0 bridgehead atoms. The van der Waals surface area contributed by atoms with Crippen molar-refractivity contribution in [1.29, 1.82) is 0 Å². The van der Waals surface area contributed by atoms with Crippen LogP contribution in [-0.2, 0) is 3.79 Å². The van der Waals surface area contributed by atoms with Crippen LogP contribution in [0.4, 0.5) is 11.9 Å². The lowest BCUT2D eigenvalue weighted by Gasteiger charge is -2.15. The molecular weight excluding hydrogens is 262 g/mol. The lowest BCUT2D eigenvalue weighted by atomic mass is 10.6. The molecule has 1 rings (SSSR count). The standard InChI is InChI=1S/C6H9Cl3N6/c1-15(2)5-12-3(6(7,8)9)11-4(13-5)14-10/h10H2,1-2H3,(H,11,12,13,14). The number of anilines is 2. The Balaban J connectivity index is 3.23. The lowest BCUT2D eigenvalue weighted by molar-refractivity contribution is 0.881. The van der Waals surface area contributed by atoms with Crippen LogP contribution >= 0.6 is 34.8 Å². The van der Waals surface area contributed by atoms with Gasteiger partial charge in [-0.05, 0) is 0 Å². The zero-order chi connectivity index (χ0) is 11.6. The first kappa shape index (κ1) is 12.5. The normalized spacial score (nSPS) is 11.3. The highest BCUT2D eigenvalue weighted by atomic mass is 35.6. The molecule has 0 aliphatic carbocycles. The summed E-state index contributed by atoms with van der Waals surface area (Å²) in [5.74, 6) is 5.67. The molecule has 1 aromatic rings. The molecule has 3 N–H and O–H groups in total. The highest BCUT2D eigenvalue weighted by molar-refractivity contribution is 6.66. The number of halogens is 3. The summed E-state index contributed by atoms with van der Waals surface area (Å²) in [6.07, 6.45) is 0. The van der Waals surface area contributed by atoms with Crippen LogP contribution in [0, 0.1) is 0 Å². The average Bonchev–Trinajstić information content (AvgIpc) is 2.15. The van der Waals surface area contributed by atoms with Crippen molar-refractivity contribution in [2.24, 2.45) is 5.84 Å². The average molecular weight is 272 g/mol. The number of nitrogen functional groups attached to an aromatic ring is 1. The van der Waals surface area contributed by atoms with Gasteiger partial charge in [0, 0.05) is 14.1 Å². The number of hydrogen-bond acceptors (Lipinski definition) is 6. The summed E-state index contributed by atoms with van der Waals surface area (Å²) in [6.45, 7) is 0. The molecule has 0 unspecified atom stereocenters. The van der Waals surface area contributed by atoms with Crippen LogP contribution in [0.3, 0.4) is 0 Å². The van der Waals surface area contributed by atoms with Crippen molar-refractivity contribution in [2.75, 3.05) is 24.4 Å². The number of aromatic nitrogens is 3. The summed E-state index contributed by atoms with van der Waals surface area (Å²) in [5, 5.41) is 0. The fourth-order valence-corrected chi connectivity index (χ4v) is 1.01. The van der Waals surface area contributed by atoms with Gasteiger partial charge in [-0.15, -0.1) is 0 Å². The molecule has 15 heavy (non-hydrogen) atoms. The maximum absolute atomic E-state index is 5.66. The molecule has 84 valence electrons. The first-order valence-electron chi connectivity index (χ1n) is 3.82. The minimum Gasteiger partial charge on any atom is -0.347 e. The Bertz CT molecular complexity index is 349. The van der Waals surface area contributed by atoms with Crippen molar-refractivity contribution < 1.29 is 0 Å². The van der Waals surface area contributed by atoms with Gasteiger partial charge in [-0.3, -0.25) is 5.43 Å². The van der Waals surface area contributed by atoms with Gasteiger partial charge in [-0.25, -0.2) is 5.84 Å². The minimum atomic E-state index is -1.71. The molecule has 0 aromatic carbocycles. The quantitative estimate of drug-likeness (QED) is 0.475. The Kier molecular flexibility index (Phi) is 3.77. The second kappa shape index (κ2) is 4.52. The Hall–Kier alpha value is -0.560. The van der Waals surface area contributed by atoms with Crippen molar-refractivity contribution in [3.63, 3.8) is 0 Å². The van der Waals surface area contributed by atoms with Crippen LogP contribution in [0.5, 0.6) is 0 Å². The fraction of sp³-hybridized carbons (Fsp3) is 0.500. The van der Waals surface area contributed by atoms with Crippen molar-refractivity contribution in [3.05, 3.63) is 5.82 Å². The van der Waals surface area contributed by atoms with Crippen LogP contribution in [0.2, 0.25) is 0 Å². The van der Waals surface area contributed by atoms with Gasteiger partial charge in [0.15, 0.2) is 5.82 Å². The van der Waals surface area contributed by atoms with Gasteiger partial charge in [0.1, 0.15) is 0 Å². The van der Waals surface area contributed by atoms with E-state index in [0.29, 0.717) is 5.95 Å². The molecule has 0 saturated carbocycles. The fourth-order valence-electron chi connectivity index (χ4n) is 0.756. The zero-order valence-electron chi connectivity index (χ0n) is 8.00. The third-order valence-electron chi connectivity index (χ3n) is 1.41. The molecule has 0 atom stereocenters. The third-order valence-corrected chi connectivity index (χ3v) is 1.91. The summed E-state index contributed by atoms with van der Waals surface area (Å²) >= 11 is 17.0. The van der Waals surface area contributed by atoms with E-state index < -0.39 is 3.79 Å². The van der Waals surface area contributed by atoms with Gasteiger partial charge >= 0.3 is 0 Å². The van der Waals surface area contributed by atoms with E-state index in [1.165, 1.54) is 0 Å². The maximum atomic E-state index is 5.66. The van der Waals surface area contributed by atoms with Gasteiger partial charge < -0.3 is 4.90 Å². The number of alkyl halides is 3. The van der Waals surface area contributed by atoms with Gasteiger partial charge in [0.05, 0.1) is 0 Å². The molecule has 6 nitrogen and oxygen atoms in total. The highest BCUT2D eigenvalue weighted by Crippen LogP contribution is 2.36. The first-order valence-corrected chi connectivity index (χ1v) is 4.95. The Labute approximate surface area is 102 Å². The third kappa shape index (κ3) is 3.20. The van der Waals surface area contributed by atoms with E-state index in [1.807, 2.05) is 0 Å². The Morgan fingerprint density at radius 2 is 1.80 bits per heavy atom. The number of hydrogen-bond donors (Lipinski definition) is 2. The largest absolute Gasteiger partial charge is 0.347 e. The zero-order valence-corrected chi connectivity index (χ0v) is 10.3. The van der Waals surface area contributed by atoms with Crippen molar-refractivity contribution in [2.45, 2.75) is 3.79 Å². The van der Waals surface area contributed by atoms with E-state index in [0.717, 1.165) is 0 Å². The van der Waals surface area contributed by atoms with Gasteiger partial charge in [-0.1, -0.05) is 34.8 Å². The SMILES string of the molecule is CN(C)c1nc(NN)nc(C(Cl)(Cl)Cl)n1. The smallest absolute Gasteiger partial charge is 0.250 e. The molecule has 0 spiro atoms. The second-order valence-electron chi connectivity index (χ2n) is 2.82. The summed E-state index contributed by atoms with van der Waals surface area (Å²) in [4.78, 5) is 13.4. The second-order valence-corrected chi connectivity index (χ2v) is 5.10. The summed E-state index contributed by atoms with van der Waals surface area (Å²) in [7, 11) is 3.50. The van der Waals surface area contributed by atoms with E-state index in [2.05, 4.69) is 20.4 Å². The number of hydrazine groups is 1. The van der Waals surface area contributed by atoms with E-state index in [9.17, 15) is 0 Å². The molecular formula is C6H9Cl3N6. The summed E-state index contributed by atoms with van der Waals surface area (Å²) < 4.78 is -1.71. The molecule has 0 radical (unpaired) electrons. The monoisotopic (exact) mass is 270 g/mol. The van der Waals surface area contributed by atoms with Gasteiger partial charge in [0.25, 0.3) is 0 Å². The summed E-state index contributed by atoms with van der Waals surface area (Å²) in [6, 6.07) is 0. The van der Waals surface area contributed by atoms with Crippen LogP contribution in [0.1, 0.15) is 5.82 Å². The molecule has 0 aliphatic heterocycles. The van der Waals surface area contributed by atoms with E-state index in [4.69, 9.17) is 40.6 Å². The van der Waals surface area contributed by atoms with Crippen molar-refractivity contribution in [1.82, 2.24) is 15.0 Å². The molecule has 9 heteroatoms. The van der Waals surface area contributed by atoms with Gasteiger partial charge in [-0.2, -0.15) is 15.0 Å². The summed E-state index contributed by atoms with van der Waals surface area (Å²) in [5.41, 5.74) is 2.27. The Morgan fingerprint density at radius 1 is 1.20 bits per heavy atom. The van der Waals surface area contributed by atoms with Gasteiger partial charge in [0.2, 0.25) is 15.7 Å². The topological polar surface area (TPSA) is 80.0 Å².